The molecule has 0 saturated carbocycles. The normalized spacial score (nSPS) is 14.8. The van der Waals surface area contributed by atoms with Crippen LogP contribution in [0.4, 0.5) is 0 Å². The lowest BCUT2D eigenvalue weighted by atomic mass is 10.0. The Labute approximate surface area is 125 Å². The van der Waals surface area contributed by atoms with Gasteiger partial charge in [-0.25, -0.2) is 0 Å². The molecular formula is C17H21N3O. The molecule has 1 aliphatic heterocycles. The lowest BCUT2D eigenvalue weighted by Crippen LogP contribution is -2.19. The van der Waals surface area contributed by atoms with Crippen molar-refractivity contribution in [1.82, 2.24) is 15.1 Å². The van der Waals surface area contributed by atoms with Gasteiger partial charge in [0.05, 0.1) is 6.61 Å². The third-order valence-electron chi connectivity index (χ3n) is 3.84. The van der Waals surface area contributed by atoms with Crippen LogP contribution >= 0.6 is 0 Å². The first-order chi connectivity index (χ1) is 10.3. The molecule has 0 radical (unpaired) electrons. The maximum absolute atomic E-state index is 5.80. The molecule has 0 spiro atoms. The molecule has 1 aliphatic rings. The molecule has 1 aromatic carbocycles. The van der Waals surface area contributed by atoms with Crippen LogP contribution in [0.15, 0.2) is 42.6 Å². The van der Waals surface area contributed by atoms with E-state index in [1.54, 1.807) is 0 Å². The van der Waals surface area contributed by atoms with Gasteiger partial charge in [-0.1, -0.05) is 18.2 Å². The number of benzene rings is 1. The first kappa shape index (κ1) is 13.9. The fourth-order valence-electron chi connectivity index (χ4n) is 2.57. The highest BCUT2D eigenvalue weighted by atomic mass is 16.5. The zero-order valence-corrected chi connectivity index (χ0v) is 12.4. The average Bonchev–Trinajstić information content (AvgIpc) is 2.94. The lowest BCUT2D eigenvalue weighted by Gasteiger charge is -2.14. The molecule has 0 atom stereocenters. The maximum atomic E-state index is 5.80. The molecule has 0 fully saturated rings. The average molecular weight is 283 g/mol. The first-order valence-electron chi connectivity index (χ1n) is 7.43. The smallest absolute Gasteiger partial charge is 0.119 e. The van der Waals surface area contributed by atoms with Gasteiger partial charge in [0.15, 0.2) is 0 Å². The van der Waals surface area contributed by atoms with Crippen molar-refractivity contribution < 1.29 is 4.74 Å². The Kier molecular flexibility index (Phi) is 4.36. The summed E-state index contributed by atoms with van der Waals surface area (Å²) < 4.78 is 7.69. The van der Waals surface area contributed by atoms with Gasteiger partial charge in [-0.05, 0) is 42.3 Å². The van der Waals surface area contributed by atoms with Crippen LogP contribution in [-0.2, 0) is 13.5 Å². The largest absolute Gasteiger partial charge is 0.493 e. The Balaban J connectivity index is 1.55. The van der Waals surface area contributed by atoms with E-state index in [-0.39, 0.29) is 0 Å². The van der Waals surface area contributed by atoms with Crippen molar-refractivity contribution in [3.8, 4) is 5.75 Å². The van der Waals surface area contributed by atoms with Crippen molar-refractivity contribution in [3.63, 3.8) is 0 Å². The summed E-state index contributed by atoms with van der Waals surface area (Å²) >= 11 is 0. The summed E-state index contributed by atoms with van der Waals surface area (Å²) in [6, 6.07) is 10.4. The Bertz CT molecular complexity index is 613. The number of ether oxygens (including phenoxy) is 1. The SMILES string of the molecule is Cn1nccc1CCOc1ccc(C2=CCNCC2)cc1. The van der Waals surface area contributed by atoms with E-state index in [1.165, 1.54) is 16.8 Å². The summed E-state index contributed by atoms with van der Waals surface area (Å²) in [5, 5.41) is 7.49. The Morgan fingerprint density at radius 2 is 2.10 bits per heavy atom. The summed E-state index contributed by atoms with van der Waals surface area (Å²) in [6.07, 6.45) is 6.05. The van der Waals surface area contributed by atoms with Gasteiger partial charge in [0.25, 0.3) is 0 Å². The molecule has 2 heterocycles. The van der Waals surface area contributed by atoms with Gasteiger partial charge >= 0.3 is 0 Å². The zero-order chi connectivity index (χ0) is 14.5. The summed E-state index contributed by atoms with van der Waals surface area (Å²) in [7, 11) is 1.96. The molecule has 1 N–H and O–H groups in total. The van der Waals surface area contributed by atoms with Gasteiger partial charge in [0.2, 0.25) is 0 Å². The molecular weight excluding hydrogens is 262 g/mol. The van der Waals surface area contributed by atoms with Crippen LogP contribution in [0.5, 0.6) is 5.75 Å². The van der Waals surface area contributed by atoms with Gasteiger partial charge < -0.3 is 10.1 Å². The van der Waals surface area contributed by atoms with Gasteiger partial charge in [0, 0.05) is 31.9 Å². The highest BCUT2D eigenvalue weighted by Crippen LogP contribution is 2.22. The van der Waals surface area contributed by atoms with Gasteiger partial charge in [-0.2, -0.15) is 5.10 Å². The number of nitrogens with zero attached hydrogens (tertiary/aromatic N) is 2. The molecule has 110 valence electrons. The highest BCUT2D eigenvalue weighted by Gasteiger charge is 2.06. The van der Waals surface area contributed by atoms with E-state index in [9.17, 15) is 0 Å². The standard InChI is InChI=1S/C17H21N3O/c1-20-16(8-12-19-20)9-13-21-17-4-2-14(3-5-17)15-6-10-18-11-7-15/h2-6,8,12,18H,7,9-11,13H2,1H3. The minimum Gasteiger partial charge on any atom is -0.493 e. The maximum Gasteiger partial charge on any atom is 0.119 e. The van der Waals surface area contributed by atoms with Crippen LogP contribution in [0.1, 0.15) is 17.7 Å². The number of hydrogen-bond acceptors (Lipinski definition) is 3. The number of nitrogens with one attached hydrogen (secondary N) is 1. The van der Waals surface area contributed by atoms with E-state index in [2.05, 4.69) is 40.8 Å². The lowest BCUT2D eigenvalue weighted by molar-refractivity contribution is 0.318. The summed E-state index contributed by atoms with van der Waals surface area (Å²) in [5.41, 5.74) is 3.91. The van der Waals surface area contributed by atoms with Gasteiger partial charge in [-0.15, -0.1) is 0 Å². The third-order valence-corrected chi connectivity index (χ3v) is 3.84. The predicted octanol–water partition coefficient (Wildman–Crippen LogP) is 2.42. The van der Waals surface area contributed by atoms with Crippen molar-refractivity contribution >= 4 is 5.57 Å². The number of rotatable bonds is 5. The van der Waals surface area contributed by atoms with Crippen LogP contribution in [-0.4, -0.2) is 29.5 Å². The quantitative estimate of drug-likeness (QED) is 0.916. The molecule has 3 rings (SSSR count). The topological polar surface area (TPSA) is 39.1 Å². The van der Waals surface area contributed by atoms with Crippen molar-refractivity contribution in [3.05, 3.63) is 53.9 Å². The fraction of sp³-hybridized carbons (Fsp3) is 0.353. The molecule has 4 nitrogen and oxygen atoms in total. The van der Waals surface area contributed by atoms with E-state index < -0.39 is 0 Å². The molecule has 0 bridgehead atoms. The van der Waals surface area contributed by atoms with E-state index in [0.29, 0.717) is 6.61 Å². The van der Waals surface area contributed by atoms with Crippen LogP contribution in [0.25, 0.3) is 5.57 Å². The monoisotopic (exact) mass is 283 g/mol. The van der Waals surface area contributed by atoms with E-state index in [1.807, 2.05) is 24.0 Å². The van der Waals surface area contributed by atoms with Crippen LogP contribution < -0.4 is 10.1 Å². The van der Waals surface area contributed by atoms with Crippen LogP contribution in [0.2, 0.25) is 0 Å². The molecule has 0 amide bonds. The number of aromatic nitrogens is 2. The highest BCUT2D eigenvalue weighted by molar-refractivity contribution is 5.67. The van der Waals surface area contributed by atoms with Gasteiger partial charge in [-0.3, -0.25) is 4.68 Å². The molecule has 2 aromatic rings. The predicted molar refractivity (Wildman–Crippen MR) is 84.3 cm³/mol. The Hall–Kier alpha value is -2.07. The molecule has 0 saturated heterocycles. The molecule has 4 heteroatoms. The second-order valence-electron chi connectivity index (χ2n) is 5.25. The van der Waals surface area contributed by atoms with Crippen molar-refractivity contribution in [2.24, 2.45) is 7.05 Å². The molecule has 21 heavy (non-hydrogen) atoms. The molecule has 1 aromatic heterocycles. The fourth-order valence-corrected chi connectivity index (χ4v) is 2.57. The van der Waals surface area contributed by atoms with Crippen LogP contribution in [0, 0.1) is 0 Å². The Morgan fingerprint density at radius 3 is 2.76 bits per heavy atom. The van der Waals surface area contributed by atoms with E-state index >= 15 is 0 Å². The minimum absolute atomic E-state index is 0.672. The van der Waals surface area contributed by atoms with Crippen molar-refractivity contribution in [1.29, 1.82) is 0 Å². The summed E-state index contributed by atoms with van der Waals surface area (Å²) in [5.74, 6) is 0.926. The molecule has 0 unspecified atom stereocenters. The minimum atomic E-state index is 0.672. The van der Waals surface area contributed by atoms with Crippen molar-refractivity contribution in [2.45, 2.75) is 12.8 Å². The third kappa shape index (κ3) is 3.52. The summed E-state index contributed by atoms with van der Waals surface area (Å²) in [6.45, 7) is 2.71. The zero-order valence-electron chi connectivity index (χ0n) is 12.4. The Morgan fingerprint density at radius 1 is 1.24 bits per heavy atom. The van der Waals surface area contributed by atoms with Crippen LogP contribution in [0.3, 0.4) is 0 Å². The number of hydrogen-bond donors (Lipinski definition) is 1. The first-order valence-corrected chi connectivity index (χ1v) is 7.43. The van der Waals surface area contributed by atoms with E-state index in [0.717, 1.165) is 31.7 Å². The van der Waals surface area contributed by atoms with Gasteiger partial charge in [0.1, 0.15) is 5.75 Å². The second-order valence-corrected chi connectivity index (χ2v) is 5.25. The number of aryl methyl sites for hydroxylation is 1. The second kappa shape index (κ2) is 6.59. The summed E-state index contributed by atoms with van der Waals surface area (Å²) in [4.78, 5) is 0. The van der Waals surface area contributed by atoms with E-state index in [4.69, 9.17) is 4.74 Å². The van der Waals surface area contributed by atoms with Crippen molar-refractivity contribution in [2.75, 3.05) is 19.7 Å². The molecule has 0 aliphatic carbocycles.